The van der Waals surface area contributed by atoms with Crippen LogP contribution in [-0.4, -0.2) is 130 Å². The van der Waals surface area contributed by atoms with Crippen molar-refractivity contribution in [3.05, 3.63) is 0 Å². The molecule has 2 fully saturated rings. The van der Waals surface area contributed by atoms with E-state index >= 15 is 0 Å². The molecule has 2 aliphatic heterocycles. The molecule has 2 saturated heterocycles. The predicted molar refractivity (Wildman–Crippen MR) is 129 cm³/mol. The summed E-state index contributed by atoms with van der Waals surface area (Å²) in [7, 11) is 0. The summed E-state index contributed by atoms with van der Waals surface area (Å²) in [6.07, 6.45) is -6.87. The Bertz CT molecular complexity index is 711. The first-order valence-corrected chi connectivity index (χ1v) is 13.1. The summed E-state index contributed by atoms with van der Waals surface area (Å²) in [4.78, 5) is 23.4. The Hall–Kier alpha value is -1.46. The van der Waals surface area contributed by atoms with Crippen LogP contribution >= 0.6 is 0 Å². The summed E-state index contributed by atoms with van der Waals surface area (Å²) < 4.78 is 28.6. The molecule has 2 aliphatic rings. The summed E-state index contributed by atoms with van der Waals surface area (Å²) in [6, 6.07) is -1.08. The molecule has 0 spiro atoms. The van der Waals surface area contributed by atoms with Gasteiger partial charge in [0.2, 0.25) is 5.91 Å². The average molecular weight is 554 g/mol. The van der Waals surface area contributed by atoms with E-state index in [1.54, 1.807) is 0 Å². The number of aliphatic carboxylic acids is 1. The maximum Gasteiger partial charge on any atom is 0.329 e. The zero-order valence-corrected chi connectivity index (χ0v) is 21.9. The molecule has 0 radical (unpaired) electrons. The van der Waals surface area contributed by atoms with Crippen molar-refractivity contribution in [2.24, 2.45) is 0 Å². The highest BCUT2D eigenvalue weighted by atomic mass is 16.7. The average Bonchev–Trinajstić information content (AvgIpc) is 2.88. The monoisotopic (exact) mass is 553 g/mol. The highest BCUT2D eigenvalue weighted by Crippen LogP contribution is 2.31. The van der Waals surface area contributed by atoms with Gasteiger partial charge in [-0.25, -0.2) is 4.79 Å². The van der Waals surface area contributed by atoms with E-state index in [1.807, 2.05) is 0 Å². The second kappa shape index (κ2) is 16.6. The smallest absolute Gasteiger partial charge is 0.329 e. The molecular weight excluding hydrogens is 510 g/mol. The number of carbonyl (C=O) groups excluding carboxylic acids is 1. The molecule has 2 rings (SSSR count). The number of aliphatic hydroxyl groups excluding tert-OH is 5. The Morgan fingerprint density at radius 1 is 0.816 bits per heavy atom. The van der Waals surface area contributed by atoms with Crippen LogP contribution < -0.4 is 5.32 Å². The Kier molecular flexibility index (Phi) is 14.3. The highest BCUT2D eigenvalue weighted by molar-refractivity contribution is 5.73. The van der Waals surface area contributed by atoms with Crippen molar-refractivity contribution in [2.75, 3.05) is 26.4 Å². The third kappa shape index (κ3) is 9.33. The van der Waals surface area contributed by atoms with Gasteiger partial charge in [0.05, 0.1) is 13.2 Å². The number of carboxylic acids is 1. The number of aliphatic hydroxyl groups is 5. The first kappa shape index (κ1) is 32.8. The van der Waals surface area contributed by atoms with E-state index in [0.29, 0.717) is 6.42 Å². The molecule has 2 heterocycles. The van der Waals surface area contributed by atoms with Gasteiger partial charge in [0.1, 0.15) is 55.4 Å². The molecular formula is C24H43NO13. The van der Waals surface area contributed by atoms with Crippen LogP contribution in [0.25, 0.3) is 0 Å². The summed E-state index contributed by atoms with van der Waals surface area (Å²) in [5, 5.41) is 62.0. The van der Waals surface area contributed by atoms with Crippen molar-refractivity contribution in [3.63, 3.8) is 0 Å². The number of nitrogens with one attached hydrogen (secondary N) is 1. The molecule has 0 bridgehead atoms. The lowest BCUT2D eigenvalue weighted by Gasteiger charge is -2.48. The summed E-state index contributed by atoms with van der Waals surface area (Å²) >= 11 is 0. The van der Waals surface area contributed by atoms with E-state index in [1.165, 1.54) is 6.92 Å². The van der Waals surface area contributed by atoms with Crippen LogP contribution in [-0.2, 0) is 33.3 Å². The molecule has 14 heteroatoms. The Labute approximate surface area is 221 Å². The number of ether oxygens (including phenoxy) is 5. The Morgan fingerprint density at radius 3 is 2.05 bits per heavy atom. The number of carboxylic acid groups (broad SMARTS) is 1. The molecule has 10 atom stereocenters. The fraction of sp³-hybridized carbons (Fsp3) is 0.917. The van der Waals surface area contributed by atoms with Gasteiger partial charge in [-0.1, -0.05) is 39.0 Å². The highest BCUT2D eigenvalue weighted by Gasteiger charge is 2.52. The van der Waals surface area contributed by atoms with Crippen LogP contribution in [0.2, 0.25) is 0 Å². The number of hydrogen-bond acceptors (Lipinski definition) is 12. The van der Waals surface area contributed by atoms with E-state index in [2.05, 4.69) is 12.2 Å². The molecule has 1 amide bonds. The first-order valence-electron chi connectivity index (χ1n) is 13.1. The molecule has 0 aromatic rings. The first-order chi connectivity index (χ1) is 18.1. The molecule has 0 unspecified atom stereocenters. The van der Waals surface area contributed by atoms with Crippen molar-refractivity contribution in [2.45, 2.75) is 114 Å². The van der Waals surface area contributed by atoms with Gasteiger partial charge in [0.25, 0.3) is 0 Å². The van der Waals surface area contributed by atoms with Crippen LogP contribution in [0.15, 0.2) is 0 Å². The van der Waals surface area contributed by atoms with E-state index in [-0.39, 0.29) is 6.61 Å². The van der Waals surface area contributed by atoms with Gasteiger partial charge >= 0.3 is 5.97 Å². The van der Waals surface area contributed by atoms with Gasteiger partial charge in [-0.3, -0.25) is 4.79 Å². The standard InChI is InChI=1S/C24H43NO13/c1-3-4-5-6-7-8-9-34-23-17(25-13(2)28)22(35-12-16(29)30)21(15(11-27)37-23)38-24-20(33)19(32)18(31)14(10-26)36-24/h14-15,17-24,26-27,31-33H,3-12H2,1-2H3,(H,25,28)(H,29,30)/t14-,15-,17-,18+,19+,20-,21-,22-,23-,24+/m1/s1. The summed E-state index contributed by atoms with van der Waals surface area (Å²) in [6.45, 7) is 1.51. The van der Waals surface area contributed by atoms with Crippen LogP contribution in [0.4, 0.5) is 0 Å². The second-order valence-electron chi connectivity index (χ2n) is 9.56. The largest absolute Gasteiger partial charge is 0.480 e. The van der Waals surface area contributed by atoms with Gasteiger partial charge in [0, 0.05) is 13.5 Å². The van der Waals surface area contributed by atoms with Gasteiger partial charge in [0.15, 0.2) is 12.6 Å². The van der Waals surface area contributed by atoms with Crippen LogP contribution in [0.3, 0.4) is 0 Å². The fourth-order valence-corrected chi connectivity index (χ4v) is 4.53. The lowest BCUT2D eigenvalue weighted by Crippen LogP contribution is -2.68. The van der Waals surface area contributed by atoms with E-state index < -0.39 is 93.0 Å². The van der Waals surface area contributed by atoms with E-state index in [9.17, 15) is 40.2 Å². The van der Waals surface area contributed by atoms with Crippen LogP contribution in [0.5, 0.6) is 0 Å². The molecule has 0 aromatic heterocycles. The number of amides is 1. The minimum Gasteiger partial charge on any atom is -0.480 e. The Balaban J connectivity index is 2.23. The molecule has 0 aliphatic carbocycles. The van der Waals surface area contributed by atoms with Crippen molar-refractivity contribution < 1.29 is 63.9 Å². The zero-order chi connectivity index (χ0) is 28.2. The topological polar surface area (TPSA) is 214 Å². The molecule has 7 N–H and O–H groups in total. The number of hydrogen-bond donors (Lipinski definition) is 7. The number of carbonyl (C=O) groups is 2. The van der Waals surface area contributed by atoms with Gasteiger partial charge in [-0.15, -0.1) is 0 Å². The molecule has 0 saturated carbocycles. The summed E-state index contributed by atoms with van der Waals surface area (Å²) in [5.74, 6) is -1.81. The second-order valence-corrected chi connectivity index (χ2v) is 9.56. The zero-order valence-electron chi connectivity index (χ0n) is 21.9. The van der Waals surface area contributed by atoms with Gasteiger partial charge in [-0.05, 0) is 6.42 Å². The normalized spacial score (nSPS) is 35.7. The number of unbranched alkanes of at least 4 members (excludes halogenated alkanes) is 5. The lowest BCUT2D eigenvalue weighted by atomic mass is 9.95. The predicted octanol–water partition coefficient (Wildman–Crippen LogP) is -1.76. The lowest BCUT2D eigenvalue weighted by molar-refractivity contribution is -0.350. The van der Waals surface area contributed by atoms with Crippen molar-refractivity contribution in [1.82, 2.24) is 5.32 Å². The molecule has 14 nitrogen and oxygen atoms in total. The minimum absolute atomic E-state index is 0.273. The fourth-order valence-electron chi connectivity index (χ4n) is 4.53. The maximum atomic E-state index is 12.0. The third-order valence-electron chi connectivity index (χ3n) is 6.52. The van der Waals surface area contributed by atoms with Crippen molar-refractivity contribution in [3.8, 4) is 0 Å². The third-order valence-corrected chi connectivity index (χ3v) is 6.52. The summed E-state index contributed by atoms with van der Waals surface area (Å²) in [5.41, 5.74) is 0. The minimum atomic E-state index is -1.77. The quantitative estimate of drug-likeness (QED) is 0.106. The van der Waals surface area contributed by atoms with Gasteiger partial charge in [-0.2, -0.15) is 0 Å². The molecule has 0 aromatic carbocycles. The molecule has 222 valence electrons. The SMILES string of the molecule is CCCCCCCCO[C@@H]1O[C@H](CO)[C@@H](O[C@@H]2O[C@H](CO)[C@H](O)[C@H](O)[C@H]2O)[C@H](OCC(=O)O)[C@H]1NC(C)=O. The molecule has 38 heavy (non-hydrogen) atoms. The van der Waals surface area contributed by atoms with Crippen molar-refractivity contribution >= 4 is 11.9 Å². The van der Waals surface area contributed by atoms with Gasteiger partial charge < -0.3 is 59.6 Å². The number of rotatable bonds is 16. The Morgan fingerprint density at radius 2 is 1.45 bits per heavy atom. The van der Waals surface area contributed by atoms with E-state index in [0.717, 1.165) is 32.1 Å². The van der Waals surface area contributed by atoms with Crippen LogP contribution in [0, 0.1) is 0 Å². The van der Waals surface area contributed by atoms with Crippen LogP contribution in [0.1, 0.15) is 52.4 Å². The van der Waals surface area contributed by atoms with E-state index in [4.69, 9.17) is 23.7 Å². The van der Waals surface area contributed by atoms with Crippen molar-refractivity contribution in [1.29, 1.82) is 0 Å². The maximum absolute atomic E-state index is 12.0.